The highest BCUT2D eigenvalue weighted by molar-refractivity contribution is 7.10. The van der Waals surface area contributed by atoms with E-state index >= 15 is 0 Å². The fourth-order valence-electron chi connectivity index (χ4n) is 1.14. The van der Waals surface area contributed by atoms with Gasteiger partial charge < -0.3 is 16.0 Å². The number of nitrogens with one attached hydrogen (secondary N) is 1. The number of carbonyl (C=O) groups excluding carboxylic acids is 1. The lowest BCUT2D eigenvalue weighted by molar-refractivity contribution is -0.122. The quantitative estimate of drug-likeness (QED) is 0.802. The second-order valence-corrected chi connectivity index (χ2v) is 5.03. The van der Waals surface area contributed by atoms with Crippen LogP contribution in [0.4, 0.5) is 0 Å². The Morgan fingerprint density at radius 1 is 1.62 bits per heavy atom. The maximum atomic E-state index is 11.7. The van der Waals surface area contributed by atoms with Gasteiger partial charge in [0.15, 0.2) is 0 Å². The molecule has 5 heteroatoms. The summed E-state index contributed by atoms with van der Waals surface area (Å²) < 4.78 is 0. The Balaban J connectivity index is 2.41. The first-order valence-electron chi connectivity index (χ1n) is 5.25. The van der Waals surface area contributed by atoms with Crippen LogP contribution in [0.15, 0.2) is 17.5 Å². The molecule has 3 N–H and O–H groups in total. The van der Waals surface area contributed by atoms with Gasteiger partial charge in [-0.05, 0) is 32.5 Å². The predicted octanol–water partition coefficient (Wildman–Crippen LogP) is 0.814. The molecule has 0 saturated heterocycles. The van der Waals surface area contributed by atoms with Gasteiger partial charge in [-0.15, -0.1) is 11.3 Å². The lowest BCUT2D eigenvalue weighted by atomic mass is 10.2. The minimum atomic E-state index is -0.547. The second-order valence-electron chi connectivity index (χ2n) is 4.05. The molecule has 2 atom stereocenters. The Bertz CT molecular complexity index is 324. The van der Waals surface area contributed by atoms with Crippen molar-refractivity contribution in [3.63, 3.8) is 0 Å². The van der Waals surface area contributed by atoms with E-state index in [1.54, 1.807) is 0 Å². The Kier molecular flexibility index (Phi) is 4.92. The number of hydrogen-bond acceptors (Lipinski definition) is 4. The monoisotopic (exact) mass is 241 g/mol. The Morgan fingerprint density at radius 3 is 2.81 bits per heavy atom. The van der Waals surface area contributed by atoms with Gasteiger partial charge in [0.25, 0.3) is 0 Å². The van der Waals surface area contributed by atoms with Crippen molar-refractivity contribution < 1.29 is 4.79 Å². The standard InChI is InChI=1S/C11H19N3OS/c1-8(14(2)3)7-13-11(15)10(12)9-5-4-6-16-9/h4-6,8,10H,7,12H2,1-3H3,(H,13,15). The molecule has 1 aromatic rings. The lowest BCUT2D eigenvalue weighted by Crippen LogP contribution is -2.41. The summed E-state index contributed by atoms with van der Waals surface area (Å²) in [6.07, 6.45) is 0. The highest BCUT2D eigenvalue weighted by Gasteiger charge is 2.17. The first-order chi connectivity index (χ1) is 7.52. The topological polar surface area (TPSA) is 58.4 Å². The summed E-state index contributed by atoms with van der Waals surface area (Å²) in [5.41, 5.74) is 5.83. The number of hydrogen-bond donors (Lipinski definition) is 2. The summed E-state index contributed by atoms with van der Waals surface area (Å²) >= 11 is 1.50. The molecule has 0 aliphatic rings. The summed E-state index contributed by atoms with van der Waals surface area (Å²) in [5, 5.41) is 4.77. The molecule has 90 valence electrons. The highest BCUT2D eigenvalue weighted by atomic mass is 32.1. The third-order valence-corrected chi connectivity index (χ3v) is 3.54. The van der Waals surface area contributed by atoms with Gasteiger partial charge >= 0.3 is 0 Å². The van der Waals surface area contributed by atoms with Crippen LogP contribution in [0.3, 0.4) is 0 Å². The van der Waals surface area contributed by atoms with E-state index in [2.05, 4.69) is 17.1 Å². The number of nitrogens with two attached hydrogens (primary N) is 1. The predicted molar refractivity (Wildman–Crippen MR) is 67.4 cm³/mol. The number of thiophene rings is 1. The molecule has 0 radical (unpaired) electrons. The molecule has 0 bridgehead atoms. The second kappa shape index (κ2) is 5.98. The molecule has 16 heavy (non-hydrogen) atoms. The summed E-state index contributed by atoms with van der Waals surface area (Å²) in [6, 6.07) is 3.54. The van der Waals surface area contributed by atoms with Crippen LogP contribution >= 0.6 is 11.3 Å². The van der Waals surface area contributed by atoms with Crippen LogP contribution in [-0.4, -0.2) is 37.5 Å². The number of likely N-dealkylation sites (N-methyl/N-ethyl adjacent to an activating group) is 1. The van der Waals surface area contributed by atoms with E-state index in [0.29, 0.717) is 12.6 Å². The zero-order chi connectivity index (χ0) is 12.1. The normalized spacial score (nSPS) is 14.8. The van der Waals surface area contributed by atoms with Gasteiger partial charge in [-0.25, -0.2) is 0 Å². The fourth-order valence-corrected chi connectivity index (χ4v) is 1.86. The molecule has 0 aliphatic carbocycles. The fraction of sp³-hybridized carbons (Fsp3) is 0.545. The van der Waals surface area contributed by atoms with E-state index in [0.717, 1.165) is 4.88 Å². The van der Waals surface area contributed by atoms with Crippen molar-refractivity contribution in [3.8, 4) is 0 Å². The van der Waals surface area contributed by atoms with Crippen LogP contribution in [-0.2, 0) is 4.79 Å². The summed E-state index contributed by atoms with van der Waals surface area (Å²) in [5.74, 6) is -0.115. The summed E-state index contributed by atoms with van der Waals surface area (Å²) in [6.45, 7) is 2.67. The molecule has 1 amide bonds. The largest absolute Gasteiger partial charge is 0.353 e. The minimum Gasteiger partial charge on any atom is -0.353 e. The third kappa shape index (κ3) is 3.59. The molecule has 2 unspecified atom stereocenters. The highest BCUT2D eigenvalue weighted by Crippen LogP contribution is 2.16. The van der Waals surface area contributed by atoms with Gasteiger partial charge in [-0.2, -0.15) is 0 Å². The SMILES string of the molecule is CC(CNC(=O)C(N)c1cccs1)N(C)C. The van der Waals surface area contributed by atoms with Crippen molar-refractivity contribution in [1.29, 1.82) is 0 Å². The summed E-state index contributed by atoms with van der Waals surface area (Å²) in [7, 11) is 3.96. The van der Waals surface area contributed by atoms with Crippen molar-refractivity contribution in [3.05, 3.63) is 22.4 Å². The van der Waals surface area contributed by atoms with Crippen molar-refractivity contribution >= 4 is 17.2 Å². The van der Waals surface area contributed by atoms with Gasteiger partial charge in [0, 0.05) is 17.5 Å². The van der Waals surface area contributed by atoms with Gasteiger partial charge in [0.05, 0.1) is 0 Å². The first kappa shape index (κ1) is 13.2. The molecule has 1 aromatic heterocycles. The van der Waals surface area contributed by atoms with E-state index in [-0.39, 0.29) is 5.91 Å². The van der Waals surface area contributed by atoms with Gasteiger partial charge in [0.1, 0.15) is 6.04 Å². The molecular weight excluding hydrogens is 222 g/mol. The zero-order valence-electron chi connectivity index (χ0n) is 9.93. The molecule has 0 fully saturated rings. The average molecular weight is 241 g/mol. The van der Waals surface area contributed by atoms with E-state index in [1.807, 2.05) is 31.6 Å². The van der Waals surface area contributed by atoms with Crippen LogP contribution in [0, 0.1) is 0 Å². The molecule has 0 spiro atoms. The van der Waals surface area contributed by atoms with E-state index in [4.69, 9.17) is 5.73 Å². The van der Waals surface area contributed by atoms with Crippen LogP contribution in [0.5, 0.6) is 0 Å². The molecule has 0 aliphatic heterocycles. The number of rotatable bonds is 5. The van der Waals surface area contributed by atoms with Crippen LogP contribution in [0.2, 0.25) is 0 Å². The van der Waals surface area contributed by atoms with Crippen LogP contribution < -0.4 is 11.1 Å². The number of nitrogens with zero attached hydrogens (tertiary/aromatic N) is 1. The molecule has 1 rings (SSSR count). The van der Waals surface area contributed by atoms with Crippen molar-refractivity contribution in [2.24, 2.45) is 5.73 Å². The molecular formula is C11H19N3OS. The van der Waals surface area contributed by atoms with Crippen molar-refractivity contribution in [1.82, 2.24) is 10.2 Å². The number of carbonyl (C=O) groups is 1. The summed E-state index contributed by atoms with van der Waals surface area (Å²) in [4.78, 5) is 14.7. The van der Waals surface area contributed by atoms with Crippen molar-refractivity contribution in [2.75, 3.05) is 20.6 Å². The Hall–Kier alpha value is -0.910. The zero-order valence-corrected chi connectivity index (χ0v) is 10.8. The van der Waals surface area contributed by atoms with E-state index in [1.165, 1.54) is 11.3 Å². The Labute approximate surface area is 100 Å². The number of amides is 1. The maximum Gasteiger partial charge on any atom is 0.242 e. The van der Waals surface area contributed by atoms with E-state index in [9.17, 15) is 4.79 Å². The lowest BCUT2D eigenvalue weighted by Gasteiger charge is -2.21. The van der Waals surface area contributed by atoms with Crippen molar-refractivity contribution in [2.45, 2.75) is 19.0 Å². The average Bonchev–Trinajstić information content (AvgIpc) is 2.77. The van der Waals surface area contributed by atoms with E-state index < -0.39 is 6.04 Å². The molecule has 1 heterocycles. The Morgan fingerprint density at radius 2 is 2.31 bits per heavy atom. The molecule has 0 aromatic carbocycles. The molecule has 4 nitrogen and oxygen atoms in total. The minimum absolute atomic E-state index is 0.115. The third-order valence-electron chi connectivity index (χ3n) is 2.59. The first-order valence-corrected chi connectivity index (χ1v) is 6.13. The smallest absolute Gasteiger partial charge is 0.242 e. The maximum absolute atomic E-state index is 11.7. The van der Waals surface area contributed by atoms with Crippen LogP contribution in [0.1, 0.15) is 17.8 Å². The van der Waals surface area contributed by atoms with Crippen LogP contribution in [0.25, 0.3) is 0 Å². The van der Waals surface area contributed by atoms with Gasteiger partial charge in [0.2, 0.25) is 5.91 Å². The van der Waals surface area contributed by atoms with Gasteiger partial charge in [-0.1, -0.05) is 6.07 Å². The molecule has 0 saturated carbocycles. The van der Waals surface area contributed by atoms with Gasteiger partial charge in [-0.3, -0.25) is 4.79 Å².